The minimum Gasteiger partial charge on any atom is -0.454 e. The summed E-state index contributed by atoms with van der Waals surface area (Å²) in [6, 6.07) is 9.20. The second kappa shape index (κ2) is 9.57. The number of thioether (sulfide) groups is 1. The van der Waals surface area contributed by atoms with Gasteiger partial charge in [0.05, 0.1) is 0 Å². The molecule has 0 radical (unpaired) electrons. The summed E-state index contributed by atoms with van der Waals surface area (Å²) < 4.78 is 5.27. The lowest BCUT2D eigenvalue weighted by Gasteiger charge is -2.33. The van der Waals surface area contributed by atoms with Gasteiger partial charge in [-0.3, -0.25) is 9.69 Å². The molecule has 2 rings (SSSR count). The summed E-state index contributed by atoms with van der Waals surface area (Å²) in [5.74, 6) is 1.41. The standard InChI is InChI=1S/C17H24N2O3S/c1-2-8-18-15(20)13-22-17(21)16(14-6-4-3-5-7-14)19-9-11-23-12-10-19/h3-7,16H,2,8-13H2,1H3,(H,18,20)/t16-/m0/s1. The summed E-state index contributed by atoms with van der Waals surface area (Å²) in [7, 11) is 0. The monoisotopic (exact) mass is 336 g/mol. The topological polar surface area (TPSA) is 58.6 Å². The summed E-state index contributed by atoms with van der Waals surface area (Å²) in [5.41, 5.74) is 0.915. The fraction of sp³-hybridized carbons (Fsp3) is 0.529. The Hall–Kier alpha value is -1.53. The molecule has 0 spiro atoms. The lowest BCUT2D eigenvalue weighted by Crippen LogP contribution is -2.41. The molecule has 0 unspecified atom stereocenters. The molecule has 0 aliphatic carbocycles. The molecule has 1 aromatic rings. The van der Waals surface area contributed by atoms with Gasteiger partial charge in [0.15, 0.2) is 6.61 Å². The van der Waals surface area contributed by atoms with E-state index in [0.717, 1.165) is 36.6 Å². The lowest BCUT2D eigenvalue weighted by atomic mass is 10.1. The van der Waals surface area contributed by atoms with Gasteiger partial charge in [0.25, 0.3) is 5.91 Å². The van der Waals surface area contributed by atoms with E-state index in [1.807, 2.05) is 49.0 Å². The number of benzene rings is 1. The maximum absolute atomic E-state index is 12.6. The molecule has 23 heavy (non-hydrogen) atoms. The highest BCUT2D eigenvalue weighted by atomic mass is 32.2. The van der Waals surface area contributed by atoms with Crippen molar-refractivity contribution in [1.29, 1.82) is 0 Å². The summed E-state index contributed by atoms with van der Waals surface area (Å²) >= 11 is 1.89. The summed E-state index contributed by atoms with van der Waals surface area (Å²) in [6.45, 7) is 4.06. The first-order valence-electron chi connectivity index (χ1n) is 8.02. The van der Waals surface area contributed by atoms with Gasteiger partial charge in [0, 0.05) is 31.1 Å². The van der Waals surface area contributed by atoms with Crippen LogP contribution in [0.15, 0.2) is 30.3 Å². The van der Waals surface area contributed by atoms with Crippen molar-refractivity contribution in [2.45, 2.75) is 19.4 Å². The van der Waals surface area contributed by atoms with Gasteiger partial charge in [-0.15, -0.1) is 0 Å². The average molecular weight is 336 g/mol. The number of esters is 1. The molecular formula is C17H24N2O3S. The van der Waals surface area contributed by atoms with Crippen LogP contribution in [0.25, 0.3) is 0 Å². The number of nitrogens with zero attached hydrogens (tertiary/aromatic N) is 1. The Morgan fingerprint density at radius 2 is 1.96 bits per heavy atom. The van der Waals surface area contributed by atoms with Gasteiger partial charge in [0.2, 0.25) is 0 Å². The molecule has 6 heteroatoms. The molecule has 1 atom stereocenters. The Kier molecular flexibility index (Phi) is 7.42. The molecule has 1 aliphatic heterocycles. The molecule has 1 N–H and O–H groups in total. The van der Waals surface area contributed by atoms with Crippen LogP contribution in [0, 0.1) is 0 Å². The molecule has 5 nitrogen and oxygen atoms in total. The summed E-state index contributed by atoms with van der Waals surface area (Å²) in [4.78, 5) is 26.3. The van der Waals surface area contributed by atoms with Crippen LogP contribution in [-0.2, 0) is 14.3 Å². The Bertz CT molecular complexity index is 504. The van der Waals surface area contributed by atoms with Gasteiger partial charge >= 0.3 is 5.97 Å². The fourth-order valence-electron chi connectivity index (χ4n) is 2.50. The molecule has 1 aromatic carbocycles. The summed E-state index contributed by atoms with van der Waals surface area (Å²) in [5, 5.41) is 2.71. The molecule has 1 amide bonds. The van der Waals surface area contributed by atoms with Crippen molar-refractivity contribution in [3.8, 4) is 0 Å². The van der Waals surface area contributed by atoms with Crippen LogP contribution in [0.4, 0.5) is 0 Å². The van der Waals surface area contributed by atoms with Crippen LogP contribution in [0.2, 0.25) is 0 Å². The van der Waals surface area contributed by atoms with E-state index < -0.39 is 6.04 Å². The summed E-state index contributed by atoms with van der Waals surface area (Å²) in [6.07, 6.45) is 0.859. The fourth-order valence-corrected chi connectivity index (χ4v) is 3.43. The zero-order valence-electron chi connectivity index (χ0n) is 13.5. The SMILES string of the molecule is CCCNC(=O)COC(=O)[C@H](c1ccccc1)N1CCSCC1. The third-order valence-corrected chi connectivity index (χ3v) is 4.61. The van der Waals surface area contributed by atoms with Gasteiger partial charge in [-0.05, 0) is 12.0 Å². The zero-order chi connectivity index (χ0) is 16.5. The number of nitrogens with one attached hydrogen (secondary N) is 1. The quantitative estimate of drug-likeness (QED) is 0.770. The first-order valence-corrected chi connectivity index (χ1v) is 9.18. The maximum Gasteiger partial charge on any atom is 0.328 e. The third kappa shape index (κ3) is 5.55. The average Bonchev–Trinajstić information content (AvgIpc) is 2.60. The number of carbonyl (C=O) groups excluding carboxylic acids is 2. The van der Waals surface area contributed by atoms with E-state index in [1.165, 1.54) is 0 Å². The Morgan fingerprint density at radius 1 is 1.26 bits per heavy atom. The molecule has 0 aromatic heterocycles. The maximum atomic E-state index is 12.6. The van der Waals surface area contributed by atoms with Crippen molar-refractivity contribution in [1.82, 2.24) is 10.2 Å². The third-order valence-electron chi connectivity index (χ3n) is 3.67. The van der Waals surface area contributed by atoms with E-state index in [-0.39, 0.29) is 18.5 Å². The normalized spacial score (nSPS) is 16.6. The highest BCUT2D eigenvalue weighted by Gasteiger charge is 2.30. The van der Waals surface area contributed by atoms with Crippen molar-refractivity contribution in [2.24, 2.45) is 0 Å². The van der Waals surface area contributed by atoms with Gasteiger partial charge < -0.3 is 10.1 Å². The number of hydrogen-bond donors (Lipinski definition) is 1. The second-order valence-electron chi connectivity index (χ2n) is 5.42. The van der Waals surface area contributed by atoms with Crippen molar-refractivity contribution < 1.29 is 14.3 Å². The predicted octanol–water partition coefficient (Wildman–Crippen LogP) is 1.85. The molecule has 0 bridgehead atoms. The largest absolute Gasteiger partial charge is 0.454 e. The first-order chi connectivity index (χ1) is 11.2. The predicted molar refractivity (Wildman–Crippen MR) is 92.3 cm³/mol. The molecule has 1 saturated heterocycles. The molecule has 1 fully saturated rings. The van der Waals surface area contributed by atoms with Gasteiger partial charge in [-0.25, -0.2) is 4.79 Å². The van der Waals surface area contributed by atoms with Crippen LogP contribution < -0.4 is 5.32 Å². The van der Waals surface area contributed by atoms with Crippen molar-refractivity contribution in [3.05, 3.63) is 35.9 Å². The molecular weight excluding hydrogens is 312 g/mol. The van der Waals surface area contributed by atoms with Gasteiger partial charge in [0.1, 0.15) is 6.04 Å². The van der Waals surface area contributed by atoms with E-state index in [4.69, 9.17) is 4.74 Å². The number of ether oxygens (including phenoxy) is 1. The number of amides is 1. The van der Waals surface area contributed by atoms with E-state index >= 15 is 0 Å². The van der Waals surface area contributed by atoms with Gasteiger partial charge in [-0.1, -0.05) is 37.3 Å². The van der Waals surface area contributed by atoms with E-state index in [1.54, 1.807) is 0 Å². The van der Waals surface area contributed by atoms with E-state index in [9.17, 15) is 9.59 Å². The Labute approximate surface area is 141 Å². The van der Waals surface area contributed by atoms with Gasteiger partial charge in [-0.2, -0.15) is 11.8 Å². The van der Waals surface area contributed by atoms with Crippen LogP contribution >= 0.6 is 11.8 Å². The van der Waals surface area contributed by atoms with Crippen LogP contribution in [-0.4, -0.2) is 54.5 Å². The highest BCUT2D eigenvalue weighted by molar-refractivity contribution is 7.99. The van der Waals surface area contributed by atoms with E-state index in [0.29, 0.717) is 6.54 Å². The van der Waals surface area contributed by atoms with Crippen LogP contribution in [0.3, 0.4) is 0 Å². The Morgan fingerprint density at radius 3 is 2.61 bits per heavy atom. The highest BCUT2D eigenvalue weighted by Crippen LogP contribution is 2.25. The lowest BCUT2D eigenvalue weighted by molar-refractivity contribution is -0.154. The first kappa shape index (κ1) is 17.8. The molecule has 126 valence electrons. The smallest absolute Gasteiger partial charge is 0.328 e. The minimum absolute atomic E-state index is 0.218. The Balaban J connectivity index is 2.01. The minimum atomic E-state index is -0.434. The number of hydrogen-bond acceptors (Lipinski definition) is 5. The van der Waals surface area contributed by atoms with Crippen molar-refractivity contribution in [3.63, 3.8) is 0 Å². The van der Waals surface area contributed by atoms with E-state index in [2.05, 4.69) is 10.2 Å². The molecule has 0 saturated carbocycles. The zero-order valence-corrected chi connectivity index (χ0v) is 14.3. The van der Waals surface area contributed by atoms with Crippen molar-refractivity contribution in [2.75, 3.05) is 37.7 Å². The second-order valence-corrected chi connectivity index (χ2v) is 6.64. The van der Waals surface area contributed by atoms with Crippen LogP contribution in [0.5, 0.6) is 0 Å². The van der Waals surface area contributed by atoms with Crippen LogP contribution in [0.1, 0.15) is 24.9 Å². The molecule has 1 aliphatic rings. The number of rotatable bonds is 7. The molecule has 1 heterocycles. The number of carbonyl (C=O) groups is 2. The van der Waals surface area contributed by atoms with Crippen molar-refractivity contribution >= 4 is 23.6 Å².